The molecule has 18 heavy (non-hydrogen) atoms. The van der Waals surface area contributed by atoms with Gasteiger partial charge in [-0.15, -0.1) is 5.11 Å². The van der Waals surface area contributed by atoms with Crippen molar-refractivity contribution < 1.29 is 4.74 Å². The quantitative estimate of drug-likeness (QED) is 0.709. The summed E-state index contributed by atoms with van der Waals surface area (Å²) in [6.07, 6.45) is 0. The summed E-state index contributed by atoms with van der Waals surface area (Å²) in [5.41, 5.74) is 2.36. The van der Waals surface area contributed by atoms with E-state index in [9.17, 15) is 0 Å². The highest BCUT2D eigenvalue weighted by Crippen LogP contribution is 2.35. The van der Waals surface area contributed by atoms with Gasteiger partial charge in [0.25, 0.3) is 0 Å². The number of methoxy groups -OCH3 is 1. The van der Waals surface area contributed by atoms with Crippen LogP contribution in [0.5, 0.6) is 5.75 Å². The Hall–Kier alpha value is -1.87. The fraction of sp³-hybridized carbons (Fsp3) is 0.143. The molecule has 0 atom stereocenters. The Balaban J connectivity index is 2.37. The van der Waals surface area contributed by atoms with Gasteiger partial charge in [-0.05, 0) is 36.8 Å². The zero-order valence-corrected chi connectivity index (χ0v) is 11.0. The predicted molar refractivity (Wildman–Crippen MR) is 73.4 cm³/mol. The minimum Gasteiger partial charge on any atom is -0.494 e. The molecule has 3 nitrogen and oxygen atoms in total. The third-order valence-corrected chi connectivity index (χ3v) is 2.67. The van der Waals surface area contributed by atoms with Gasteiger partial charge < -0.3 is 4.74 Å². The van der Waals surface area contributed by atoms with Gasteiger partial charge in [-0.1, -0.05) is 29.8 Å². The van der Waals surface area contributed by atoms with Crippen LogP contribution in [0.1, 0.15) is 5.56 Å². The summed E-state index contributed by atoms with van der Waals surface area (Å²) < 4.78 is 5.31. The Morgan fingerprint density at radius 3 is 2.44 bits per heavy atom. The van der Waals surface area contributed by atoms with E-state index in [-0.39, 0.29) is 0 Å². The normalized spacial score (nSPS) is 10.8. The lowest BCUT2D eigenvalue weighted by atomic mass is 10.2. The van der Waals surface area contributed by atoms with E-state index >= 15 is 0 Å². The zero-order chi connectivity index (χ0) is 13.0. The Kier molecular flexibility index (Phi) is 3.95. The third kappa shape index (κ3) is 2.87. The van der Waals surface area contributed by atoms with Crippen molar-refractivity contribution in [2.75, 3.05) is 7.11 Å². The second-order valence-corrected chi connectivity index (χ2v) is 4.25. The van der Waals surface area contributed by atoms with Crippen molar-refractivity contribution in [3.8, 4) is 5.75 Å². The molecule has 0 heterocycles. The lowest BCUT2D eigenvalue weighted by molar-refractivity contribution is 0.413. The summed E-state index contributed by atoms with van der Waals surface area (Å²) in [5.74, 6) is 0.694. The molecule has 0 saturated carbocycles. The summed E-state index contributed by atoms with van der Waals surface area (Å²) in [4.78, 5) is 0. The minimum atomic E-state index is 0.621. The molecule has 0 aliphatic carbocycles. The molecule has 0 aliphatic rings. The molecule has 0 spiro atoms. The molecule has 0 N–H and O–H groups in total. The van der Waals surface area contributed by atoms with Crippen molar-refractivity contribution in [3.05, 3.63) is 53.1 Å². The van der Waals surface area contributed by atoms with Crippen molar-refractivity contribution in [3.63, 3.8) is 0 Å². The van der Waals surface area contributed by atoms with Gasteiger partial charge in [0.15, 0.2) is 0 Å². The number of hydrogen-bond acceptors (Lipinski definition) is 3. The molecule has 0 fully saturated rings. The molecule has 0 bridgehead atoms. The fourth-order valence-electron chi connectivity index (χ4n) is 1.66. The van der Waals surface area contributed by atoms with Crippen LogP contribution in [-0.2, 0) is 0 Å². The van der Waals surface area contributed by atoms with E-state index in [0.29, 0.717) is 16.5 Å². The number of nitrogens with zero attached hydrogens (tertiary/aromatic N) is 2. The average molecular weight is 261 g/mol. The molecule has 2 aromatic rings. The van der Waals surface area contributed by atoms with E-state index < -0.39 is 0 Å². The van der Waals surface area contributed by atoms with E-state index in [1.165, 1.54) is 0 Å². The lowest BCUT2D eigenvalue weighted by Gasteiger charge is -2.07. The molecular formula is C14H13ClN2O. The second-order valence-electron chi connectivity index (χ2n) is 3.81. The highest BCUT2D eigenvalue weighted by atomic mass is 35.5. The largest absolute Gasteiger partial charge is 0.494 e. The first-order valence-electron chi connectivity index (χ1n) is 5.51. The van der Waals surface area contributed by atoms with Crippen molar-refractivity contribution in [2.45, 2.75) is 6.92 Å². The molecule has 0 amide bonds. The molecule has 2 aromatic carbocycles. The first kappa shape index (κ1) is 12.6. The van der Waals surface area contributed by atoms with Crippen LogP contribution in [0.2, 0.25) is 5.02 Å². The molecule has 92 valence electrons. The van der Waals surface area contributed by atoms with Crippen LogP contribution in [-0.4, -0.2) is 7.11 Å². The molecular weight excluding hydrogens is 248 g/mol. The number of halogens is 1. The SMILES string of the molecule is COc1c(C)cc(Cl)cc1N=Nc1ccccc1. The van der Waals surface area contributed by atoms with Gasteiger partial charge in [-0.2, -0.15) is 5.11 Å². The number of azo groups is 1. The van der Waals surface area contributed by atoms with Crippen molar-refractivity contribution >= 4 is 23.0 Å². The smallest absolute Gasteiger partial charge is 0.149 e. The van der Waals surface area contributed by atoms with E-state index in [1.807, 2.05) is 43.3 Å². The van der Waals surface area contributed by atoms with E-state index in [0.717, 1.165) is 11.3 Å². The zero-order valence-electron chi connectivity index (χ0n) is 10.2. The van der Waals surface area contributed by atoms with Crippen LogP contribution in [0, 0.1) is 6.92 Å². The van der Waals surface area contributed by atoms with Gasteiger partial charge >= 0.3 is 0 Å². The molecule has 0 aromatic heterocycles. The molecule has 4 heteroatoms. The second kappa shape index (κ2) is 5.65. The lowest BCUT2D eigenvalue weighted by Crippen LogP contribution is -1.87. The Labute approximate surface area is 111 Å². The first-order valence-corrected chi connectivity index (χ1v) is 5.89. The van der Waals surface area contributed by atoms with Gasteiger partial charge in [-0.25, -0.2) is 0 Å². The van der Waals surface area contributed by atoms with Gasteiger partial charge in [0, 0.05) is 5.02 Å². The van der Waals surface area contributed by atoms with Gasteiger partial charge in [0.05, 0.1) is 12.8 Å². The maximum Gasteiger partial charge on any atom is 0.149 e. The summed E-state index contributed by atoms with van der Waals surface area (Å²) in [7, 11) is 1.61. The van der Waals surface area contributed by atoms with Crippen molar-refractivity contribution in [2.24, 2.45) is 10.2 Å². The molecule has 0 radical (unpaired) electrons. The number of ether oxygens (including phenoxy) is 1. The molecule has 0 aliphatic heterocycles. The summed E-state index contributed by atoms with van der Waals surface area (Å²) in [6, 6.07) is 13.1. The maximum absolute atomic E-state index is 6.00. The van der Waals surface area contributed by atoms with Crippen molar-refractivity contribution in [1.29, 1.82) is 0 Å². The standard InChI is InChI=1S/C14H13ClN2O/c1-10-8-11(15)9-13(14(10)18-2)17-16-12-6-4-3-5-7-12/h3-9H,1-2H3. The van der Waals surface area contributed by atoms with E-state index in [2.05, 4.69) is 10.2 Å². The molecule has 2 rings (SSSR count). The number of hydrogen-bond donors (Lipinski definition) is 0. The maximum atomic E-state index is 6.00. The Bertz CT molecular complexity index is 568. The summed E-state index contributed by atoms with van der Waals surface area (Å²) in [5, 5.41) is 8.96. The third-order valence-electron chi connectivity index (χ3n) is 2.45. The summed E-state index contributed by atoms with van der Waals surface area (Å²) in [6.45, 7) is 1.92. The number of rotatable bonds is 3. The topological polar surface area (TPSA) is 34.0 Å². The van der Waals surface area contributed by atoms with Gasteiger partial charge in [-0.3, -0.25) is 0 Å². The van der Waals surface area contributed by atoms with Crippen LogP contribution in [0.15, 0.2) is 52.7 Å². The minimum absolute atomic E-state index is 0.621. The van der Waals surface area contributed by atoms with Crippen LogP contribution in [0.3, 0.4) is 0 Å². The van der Waals surface area contributed by atoms with Crippen LogP contribution < -0.4 is 4.74 Å². The highest BCUT2D eigenvalue weighted by Gasteiger charge is 2.07. The van der Waals surface area contributed by atoms with Crippen LogP contribution in [0.25, 0.3) is 0 Å². The number of benzene rings is 2. The molecule has 0 unspecified atom stereocenters. The van der Waals surface area contributed by atoms with E-state index in [1.54, 1.807) is 13.2 Å². The van der Waals surface area contributed by atoms with Crippen molar-refractivity contribution in [1.82, 2.24) is 0 Å². The van der Waals surface area contributed by atoms with E-state index in [4.69, 9.17) is 16.3 Å². The molecule has 0 saturated heterocycles. The van der Waals surface area contributed by atoms with Crippen LogP contribution in [0.4, 0.5) is 11.4 Å². The first-order chi connectivity index (χ1) is 8.70. The van der Waals surface area contributed by atoms with Gasteiger partial charge in [0.2, 0.25) is 0 Å². The monoisotopic (exact) mass is 260 g/mol. The Morgan fingerprint density at radius 2 is 1.78 bits per heavy atom. The number of aryl methyl sites for hydroxylation is 1. The summed E-state index contributed by atoms with van der Waals surface area (Å²) >= 11 is 6.00. The highest BCUT2D eigenvalue weighted by molar-refractivity contribution is 6.31. The van der Waals surface area contributed by atoms with Gasteiger partial charge in [0.1, 0.15) is 11.4 Å². The average Bonchev–Trinajstić information content (AvgIpc) is 2.37. The Morgan fingerprint density at radius 1 is 1.06 bits per heavy atom. The predicted octanol–water partition coefficient (Wildman–Crippen LogP) is 5.07. The fourth-order valence-corrected chi connectivity index (χ4v) is 1.93. The van der Waals surface area contributed by atoms with Crippen LogP contribution >= 0.6 is 11.6 Å².